The number of hydrogen-bond acceptors (Lipinski definition) is 0. The van der Waals surface area contributed by atoms with E-state index in [2.05, 4.69) is 34.3 Å². The van der Waals surface area contributed by atoms with Gasteiger partial charge in [0.05, 0.1) is 0 Å². The van der Waals surface area contributed by atoms with Gasteiger partial charge in [-0.2, -0.15) is 0 Å². The minimum atomic E-state index is 0.835. The van der Waals surface area contributed by atoms with Crippen molar-refractivity contribution in [1.29, 1.82) is 0 Å². The van der Waals surface area contributed by atoms with Crippen LogP contribution in [0.3, 0.4) is 0 Å². The zero-order valence-electron chi connectivity index (χ0n) is 7.61. The van der Waals surface area contributed by atoms with Gasteiger partial charge in [-0.15, -0.1) is 12.5 Å². The fourth-order valence-corrected chi connectivity index (χ4v) is 1.29. The van der Waals surface area contributed by atoms with E-state index in [0.29, 0.717) is 0 Å². The molecule has 0 bridgehead atoms. The molecule has 0 heterocycles. The van der Waals surface area contributed by atoms with Gasteiger partial charge in [0, 0.05) is 18.2 Å². The van der Waals surface area contributed by atoms with Crippen LogP contribution in [0, 0.1) is 11.8 Å². The SMILES string of the molecule is C=CCC#CCCCCCCBr. The number of rotatable bonds is 6. The van der Waals surface area contributed by atoms with E-state index >= 15 is 0 Å². The Labute approximate surface area is 84.6 Å². The Balaban J connectivity index is 3.01. The smallest absolute Gasteiger partial charge is 0.0267 e. The summed E-state index contributed by atoms with van der Waals surface area (Å²) in [5, 5.41) is 1.13. The van der Waals surface area contributed by atoms with E-state index in [1.165, 1.54) is 25.7 Å². The molecule has 1 heteroatoms. The summed E-state index contributed by atoms with van der Waals surface area (Å²) in [6.07, 6.45) is 8.91. The molecule has 0 aromatic rings. The third-order valence-electron chi connectivity index (χ3n) is 1.56. The van der Waals surface area contributed by atoms with Crippen LogP contribution < -0.4 is 0 Å². The predicted molar refractivity (Wildman–Crippen MR) is 59.5 cm³/mol. The first-order valence-electron chi connectivity index (χ1n) is 4.54. The molecule has 0 fully saturated rings. The molecular weight excluding hydrogens is 212 g/mol. The van der Waals surface area contributed by atoms with Crippen LogP contribution in [0.25, 0.3) is 0 Å². The number of alkyl halides is 1. The lowest BCUT2D eigenvalue weighted by Gasteiger charge is -1.93. The first-order valence-corrected chi connectivity index (χ1v) is 5.66. The molecule has 0 unspecified atom stereocenters. The van der Waals surface area contributed by atoms with Crippen LogP contribution in [-0.2, 0) is 0 Å². The molecule has 0 saturated carbocycles. The minimum Gasteiger partial charge on any atom is -0.103 e. The zero-order chi connectivity index (χ0) is 9.07. The van der Waals surface area contributed by atoms with Crippen LogP contribution in [0.4, 0.5) is 0 Å². The Morgan fingerprint density at radius 3 is 2.50 bits per heavy atom. The second-order valence-electron chi connectivity index (χ2n) is 2.70. The third kappa shape index (κ3) is 9.78. The highest BCUT2D eigenvalue weighted by Crippen LogP contribution is 2.03. The summed E-state index contributed by atoms with van der Waals surface area (Å²) in [5.41, 5.74) is 0. The largest absolute Gasteiger partial charge is 0.103 e. The van der Waals surface area contributed by atoms with E-state index < -0.39 is 0 Å². The van der Waals surface area contributed by atoms with Gasteiger partial charge >= 0.3 is 0 Å². The van der Waals surface area contributed by atoms with E-state index in [9.17, 15) is 0 Å². The number of hydrogen-bond donors (Lipinski definition) is 0. The van der Waals surface area contributed by atoms with Crippen molar-refractivity contribution in [2.24, 2.45) is 0 Å². The third-order valence-corrected chi connectivity index (χ3v) is 2.12. The lowest BCUT2D eigenvalue weighted by atomic mass is 10.1. The van der Waals surface area contributed by atoms with Crippen molar-refractivity contribution in [2.75, 3.05) is 5.33 Å². The fraction of sp³-hybridized carbons (Fsp3) is 0.636. The normalized spacial score (nSPS) is 8.75. The lowest BCUT2D eigenvalue weighted by Crippen LogP contribution is -1.77. The molecule has 0 saturated heterocycles. The second kappa shape index (κ2) is 10.8. The maximum Gasteiger partial charge on any atom is 0.0267 e. The van der Waals surface area contributed by atoms with Crippen molar-refractivity contribution in [3.63, 3.8) is 0 Å². The lowest BCUT2D eigenvalue weighted by molar-refractivity contribution is 0.685. The first kappa shape index (κ1) is 11.8. The van der Waals surface area contributed by atoms with Crippen LogP contribution in [-0.4, -0.2) is 5.33 Å². The van der Waals surface area contributed by atoms with Gasteiger partial charge in [-0.25, -0.2) is 0 Å². The van der Waals surface area contributed by atoms with Crippen molar-refractivity contribution >= 4 is 15.9 Å². The minimum absolute atomic E-state index is 0.835. The van der Waals surface area contributed by atoms with Gasteiger partial charge in [-0.05, 0) is 12.8 Å². The molecule has 0 aliphatic rings. The van der Waals surface area contributed by atoms with E-state index in [4.69, 9.17) is 0 Å². The van der Waals surface area contributed by atoms with Crippen molar-refractivity contribution in [3.8, 4) is 11.8 Å². The molecule has 68 valence electrons. The zero-order valence-corrected chi connectivity index (χ0v) is 9.20. The molecule has 12 heavy (non-hydrogen) atoms. The molecule has 0 rings (SSSR count). The topological polar surface area (TPSA) is 0 Å². The Morgan fingerprint density at radius 1 is 1.08 bits per heavy atom. The summed E-state index contributed by atoms with van der Waals surface area (Å²) in [7, 11) is 0. The molecule has 0 spiro atoms. The van der Waals surface area contributed by atoms with Crippen molar-refractivity contribution in [1.82, 2.24) is 0 Å². The van der Waals surface area contributed by atoms with Crippen molar-refractivity contribution < 1.29 is 0 Å². The molecule has 0 aromatic carbocycles. The number of unbranched alkanes of at least 4 members (excludes halogenated alkanes) is 4. The average molecular weight is 229 g/mol. The number of allylic oxidation sites excluding steroid dienone is 1. The molecule has 0 nitrogen and oxygen atoms in total. The monoisotopic (exact) mass is 228 g/mol. The van der Waals surface area contributed by atoms with Crippen LogP contribution >= 0.6 is 15.9 Å². The Hall–Kier alpha value is -0.220. The second-order valence-corrected chi connectivity index (χ2v) is 3.49. The molecule has 0 aliphatic heterocycles. The Bertz CT molecular complexity index is 150. The van der Waals surface area contributed by atoms with Crippen LogP contribution in [0.5, 0.6) is 0 Å². The molecule has 0 radical (unpaired) electrons. The van der Waals surface area contributed by atoms with E-state index in [0.717, 1.165) is 18.2 Å². The highest BCUT2D eigenvalue weighted by atomic mass is 79.9. The van der Waals surface area contributed by atoms with Gasteiger partial charge in [0.15, 0.2) is 0 Å². The highest BCUT2D eigenvalue weighted by molar-refractivity contribution is 9.09. The van der Waals surface area contributed by atoms with Crippen LogP contribution in [0.15, 0.2) is 12.7 Å². The first-order chi connectivity index (χ1) is 5.91. The van der Waals surface area contributed by atoms with Gasteiger partial charge in [0.2, 0.25) is 0 Å². The molecule has 0 aromatic heterocycles. The van der Waals surface area contributed by atoms with Crippen LogP contribution in [0.1, 0.15) is 38.5 Å². The van der Waals surface area contributed by atoms with Gasteiger partial charge in [0.25, 0.3) is 0 Å². The van der Waals surface area contributed by atoms with Crippen molar-refractivity contribution in [3.05, 3.63) is 12.7 Å². The Morgan fingerprint density at radius 2 is 1.83 bits per heavy atom. The van der Waals surface area contributed by atoms with E-state index in [1.54, 1.807) is 0 Å². The fourth-order valence-electron chi connectivity index (χ4n) is 0.894. The number of halogens is 1. The van der Waals surface area contributed by atoms with Gasteiger partial charge in [0.1, 0.15) is 0 Å². The summed E-state index contributed by atoms with van der Waals surface area (Å²) in [6, 6.07) is 0. The summed E-state index contributed by atoms with van der Waals surface area (Å²) in [5.74, 6) is 6.18. The Kier molecular flexibility index (Phi) is 10.6. The van der Waals surface area contributed by atoms with Crippen LogP contribution in [0.2, 0.25) is 0 Å². The predicted octanol–water partition coefficient (Wildman–Crippen LogP) is 3.91. The summed E-state index contributed by atoms with van der Waals surface area (Å²) in [6.45, 7) is 3.61. The highest BCUT2D eigenvalue weighted by Gasteiger charge is 1.85. The molecule has 0 amide bonds. The maximum absolute atomic E-state index is 3.61. The molecular formula is C11H17Br. The molecule has 0 aliphatic carbocycles. The molecule has 0 atom stereocenters. The summed E-state index contributed by atoms with van der Waals surface area (Å²) in [4.78, 5) is 0. The molecule has 0 N–H and O–H groups in total. The van der Waals surface area contributed by atoms with Gasteiger partial charge < -0.3 is 0 Å². The summed E-state index contributed by atoms with van der Waals surface area (Å²) < 4.78 is 0. The standard InChI is InChI=1S/C11H17Br/c1-2-3-4-5-6-7-8-9-10-11-12/h2H,1,3,6-11H2. The van der Waals surface area contributed by atoms with E-state index in [1.807, 2.05) is 6.08 Å². The average Bonchev–Trinajstić information content (AvgIpc) is 2.10. The summed E-state index contributed by atoms with van der Waals surface area (Å²) >= 11 is 3.41. The maximum atomic E-state index is 3.61. The van der Waals surface area contributed by atoms with E-state index in [-0.39, 0.29) is 0 Å². The quantitative estimate of drug-likeness (QED) is 0.280. The van der Waals surface area contributed by atoms with Gasteiger partial charge in [-0.3, -0.25) is 0 Å². The van der Waals surface area contributed by atoms with Gasteiger partial charge in [-0.1, -0.05) is 40.8 Å². The van der Waals surface area contributed by atoms with Crippen molar-refractivity contribution in [2.45, 2.75) is 38.5 Å².